The van der Waals surface area contributed by atoms with Gasteiger partial charge in [-0.25, -0.2) is 0 Å². The topological polar surface area (TPSA) is 77.6 Å². The Morgan fingerprint density at radius 3 is 2.84 bits per heavy atom. The van der Waals surface area contributed by atoms with Gasteiger partial charge in [0.15, 0.2) is 3.95 Å². The van der Waals surface area contributed by atoms with E-state index < -0.39 is 12.0 Å². The molecule has 1 atom stereocenters. The Balaban J connectivity index is 2.04. The summed E-state index contributed by atoms with van der Waals surface area (Å²) < 4.78 is 1.59. The van der Waals surface area contributed by atoms with Crippen LogP contribution in [0.15, 0.2) is 29.3 Å². The molecule has 1 aliphatic heterocycles. The van der Waals surface area contributed by atoms with Gasteiger partial charge in [-0.2, -0.15) is 0 Å². The Bertz CT molecular complexity index is 938. The highest BCUT2D eigenvalue weighted by molar-refractivity contribution is 7.73. The molecule has 1 aromatic carbocycles. The van der Waals surface area contributed by atoms with Crippen LogP contribution in [0.25, 0.3) is 11.6 Å². The van der Waals surface area contributed by atoms with E-state index >= 15 is 0 Å². The molecule has 130 valence electrons. The Morgan fingerprint density at radius 2 is 2.16 bits per heavy atom. The van der Waals surface area contributed by atoms with E-state index in [1.54, 1.807) is 12.3 Å². The Kier molecular flexibility index (Phi) is 4.87. The lowest BCUT2D eigenvalue weighted by atomic mass is 10.0. The number of aromatic nitrogens is 1. The lowest BCUT2D eigenvalue weighted by Gasteiger charge is -2.22. The number of aromatic hydroxyl groups is 1. The van der Waals surface area contributed by atoms with Gasteiger partial charge in [-0.05, 0) is 36.7 Å². The van der Waals surface area contributed by atoms with E-state index in [0.29, 0.717) is 15.3 Å². The molecule has 2 heterocycles. The van der Waals surface area contributed by atoms with Crippen LogP contribution in [-0.4, -0.2) is 21.9 Å². The van der Waals surface area contributed by atoms with Crippen molar-refractivity contribution in [2.45, 2.75) is 26.3 Å². The number of rotatable bonds is 5. The standard InChI is InChI=1S/C18H18N2O3S2/c1-10(2)7-14(17(22)23)20-16(21)15(25-18(20)24)8-11-9-19-13-6-4-3-5-12(11)13/h3-6,8-10,14,21H,7H2,1-2H3,(H,22,23)/p-1/b11-8+/t14-/m0/s1. The molecule has 0 saturated carbocycles. The fourth-order valence-electron chi connectivity index (χ4n) is 2.81. The fraction of sp³-hybridized carbons (Fsp3) is 0.278. The largest absolute Gasteiger partial charge is 0.548 e. The van der Waals surface area contributed by atoms with E-state index in [1.165, 1.54) is 15.9 Å². The number of allylic oxidation sites excluding steroid dienone is 1. The van der Waals surface area contributed by atoms with Gasteiger partial charge in [0.25, 0.3) is 0 Å². The number of hydrogen-bond donors (Lipinski definition) is 1. The summed E-state index contributed by atoms with van der Waals surface area (Å²) in [5.74, 6) is -1.26. The first-order valence-corrected chi connectivity index (χ1v) is 9.11. The number of nitrogens with zero attached hydrogens (tertiary/aromatic N) is 2. The number of para-hydroxylation sites is 1. The average molecular weight is 373 g/mol. The highest BCUT2D eigenvalue weighted by atomic mass is 32.1. The number of thiazole rings is 1. The second kappa shape index (κ2) is 6.93. The van der Waals surface area contributed by atoms with Crippen molar-refractivity contribution in [3.05, 3.63) is 38.7 Å². The molecule has 7 heteroatoms. The molecule has 1 aliphatic rings. The van der Waals surface area contributed by atoms with Crippen LogP contribution >= 0.6 is 23.6 Å². The predicted molar refractivity (Wildman–Crippen MR) is 101 cm³/mol. The van der Waals surface area contributed by atoms with Gasteiger partial charge < -0.3 is 15.0 Å². The number of fused-ring (bicyclic) bond motifs is 1. The van der Waals surface area contributed by atoms with Crippen LogP contribution in [0.4, 0.5) is 5.69 Å². The third-order valence-corrected chi connectivity index (χ3v) is 5.30. The molecular formula is C18H17N2O3S2-. The molecule has 0 amide bonds. The average Bonchev–Trinajstić information content (AvgIpc) is 3.07. The number of carbonyl (C=O) groups is 1. The zero-order chi connectivity index (χ0) is 18.1. The molecule has 0 spiro atoms. The Morgan fingerprint density at radius 1 is 1.44 bits per heavy atom. The van der Waals surface area contributed by atoms with Crippen molar-refractivity contribution >= 4 is 53.1 Å². The van der Waals surface area contributed by atoms with Crippen molar-refractivity contribution in [3.63, 3.8) is 0 Å². The predicted octanol–water partition coefficient (Wildman–Crippen LogP) is 3.58. The maximum absolute atomic E-state index is 11.5. The van der Waals surface area contributed by atoms with E-state index in [4.69, 9.17) is 12.2 Å². The van der Waals surface area contributed by atoms with Gasteiger partial charge in [-0.3, -0.25) is 9.56 Å². The third-order valence-electron chi connectivity index (χ3n) is 3.97. The van der Waals surface area contributed by atoms with E-state index in [9.17, 15) is 15.0 Å². The zero-order valence-corrected chi connectivity index (χ0v) is 15.4. The summed E-state index contributed by atoms with van der Waals surface area (Å²) in [5, 5.41) is 22.1. The van der Waals surface area contributed by atoms with E-state index in [2.05, 4.69) is 4.99 Å². The summed E-state index contributed by atoms with van der Waals surface area (Å²) in [5.41, 5.74) is 2.68. The van der Waals surface area contributed by atoms with E-state index in [1.807, 2.05) is 38.1 Å². The molecule has 2 aromatic rings. The van der Waals surface area contributed by atoms with Gasteiger partial charge in [0, 0.05) is 17.4 Å². The molecule has 3 rings (SSSR count). The molecule has 0 radical (unpaired) electrons. The molecule has 25 heavy (non-hydrogen) atoms. The van der Waals surface area contributed by atoms with Crippen molar-refractivity contribution < 1.29 is 15.0 Å². The van der Waals surface area contributed by atoms with Crippen molar-refractivity contribution in [2.75, 3.05) is 0 Å². The van der Waals surface area contributed by atoms with Crippen LogP contribution < -0.4 is 5.11 Å². The lowest BCUT2D eigenvalue weighted by Crippen LogP contribution is -2.34. The normalized spacial score (nSPS) is 15.7. The number of benzene rings is 1. The molecule has 0 fully saturated rings. The van der Waals surface area contributed by atoms with Crippen LogP contribution in [0.1, 0.15) is 36.8 Å². The zero-order valence-electron chi connectivity index (χ0n) is 13.8. The van der Waals surface area contributed by atoms with Crippen LogP contribution in [-0.2, 0) is 4.79 Å². The Hall–Kier alpha value is -2.25. The van der Waals surface area contributed by atoms with Gasteiger partial charge in [-0.1, -0.05) is 32.0 Å². The highest BCUT2D eigenvalue weighted by Gasteiger charge is 2.22. The third kappa shape index (κ3) is 3.43. The first kappa shape index (κ1) is 17.6. The van der Waals surface area contributed by atoms with Crippen molar-refractivity contribution in [2.24, 2.45) is 10.9 Å². The SMILES string of the molecule is CC(C)C[C@@H](C(=O)[O-])n1c(O)c(/C=C2\C=Nc3ccccc32)sc1=S. The maximum Gasteiger partial charge on any atom is 0.211 e. The minimum absolute atomic E-state index is 0.125. The second-order valence-electron chi connectivity index (χ2n) is 6.27. The molecule has 0 unspecified atom stereocenters. The smallest absolute Gasteiger partial charge is 0.211 e. The summed E-state index contributed by atoms with van der Waals surface area (Å²) in [6.07, 6.45) is 3.84. The first-order valence-electron chi connectivity index (χ1n) is 7.88. The van der Waals surface area contributed by atoms with Crippen molar-refractivity contribution in [1.82, 2.24) is 4.57 Å². The molecular weight excluding hydrogens is 356 g/mol. The van der Waals surface area contributed by atoms with Crippen LogP contribution in [0, 0.1) is 9.87 Å². The highest BCUT2D eigenvalue weighted by Crippen LogP contribution is 2.37. The minimum Gasteiger partial charge on any atom is -0.548 e. The van der Waals surface area contributed by atoms with Gasteiger partial charge >= 0.3 is 0 Å². The second-order valence-corrected chi connectivity index (χ2v) is 7.94. The van der Waals surface area contributed by atoms with E-state index in [-0.39, 0.29) is 11.8 Å². The number of hydrogen-bond acceptors (Lipinski definition) is 6. The quantitative estimate of drug-likeness (QED) is 0.813. The lowest BCUT2D eigenvalue weighted by molar-refractivity contribution is -0.311. The van der Waals surface area contributed by atoms with Gasteiger partial charge in [-0.15, -0.1) is 11.3 Å². The molecule has 5 nitrogen and oxygen atoms in total. The number of carboxylic acid groups (broad SMARTS) is 1. The molecule has 1 N–H and O–H groups in total. The first-order chi connectivity index (χ1) is 11.9. The molecule has 0 aliphatic carbocycles. The molecule has 1 aromatic heterocycles. The summed E-state index contributed by atoms with van der Waals surface area (Å²) >= 11 is 6.47. The summed E-state index contributed by atoms with van der Waals surface area (Å²) in [6, 6.07) is 6.70. The van der Waals surface area contributed by atoms with Gasteiger partial charge in [0.2, 0.25) is 5.88 Å². The van der Waals surface area contributed by atoms with Crippen molar-refractivity contribution in [3.8, 4) is 5.88 Å². The summed E-state index contributed by atoms with van der Waals surface area (Å²) in [6.45, 7) is 3.83. The molecule has 0 saturated heterocycles. The minimum atomic E-state index is -1.25. The molecule has 0 bridgehead atoms. The monoisotopic (exact) mass is 373 g/mol. The van der Waals surface area contributed by atoms with Crippen molar-refractivity contribution in [1.29, 1.82) is 0 Å². The van der Waals surface area contributed by atoms with Crippen LogP contribution in [0.2, 0.25) is 0 Å². The van der Waals surface area contributed by atoms with Crippen LogP contribution in [0.5, 0.6) is 5.88 Å². The van der Waals surface area contributed by atoms with Crippen LogP contribution in [0.3, 0.4) is 0 Å². The van der Waals surface area contributed by atoms with Gasteiger partial charge in [0.1, 0.15) is 0 Å². The number of aliphatic carboxylic acids is 1. The summed E-state index contributed by atoms with van der Waals surface area (Å²) in [4.78, 5) is 16.4. The maximum atomic E-state index is 11.5. The Labute approximate surface area is 154 Å². The number of carbonyl (C=O) groups excluding carboxylic acids is 1. The van der Waals surface area contributed by atoms with Gasteiger partial charge in [0.05, 0.1) is 22.6 Å². The van der Waals surface area contributed by atoms with E-state index in [0.717, 1.165) is 16.8 Å². The fourth-order valence-corrected chi connectivity index (χ4v) is 4.17. The number of carboxylic acids is 1. The number of aliphatic imine (C=N–C) groups is 1. The summed E-state index contributed by atoms with van der Waals surface area (Å²) in [7, 11) is 0.